The van der Waals surface area contributed by atoms with Crippen molar-refractivity contribution in [3.05, 3.63) is 59.7 Å². The van der Waals surface area contributed by atoms with Crippen LogP contribution < -0.4 is 14.8 Å². The van der Waals surface area contributed by atoms with Gasteiger partial charge in [-0.05, 0) is 36.1 Å². The van der Waals surface area contributed by atoms with E-state index in [4.69, 9.17) is 14.2 Å². The summed E-state index contributed by atoms with van der Waals surface area (Å²) in [6.45, 7) is 2.78. The van der Waals surface area contributed by atoms with Gasteiger partial charge in [-0.15, -0.1) is 0 Å². The lowest BCUT2D eigenvalue weighted by Gasteiger charge is -2.32. The summed E-state index contributed by atoms with van der Waals surface area (Å²) in [5.41, 5.74) is 2.18. The third-order valence-corrected chi connectivity index (χ3v) is 4.94. The van der Waals surface area contributed by atoms with Crippen molar-refractivity contribution < 1.29 is 19.0 Å². The molecule has 142 valence electrons. The van der Waals surface area contributed by atoms with Gasteiger partial charge in [0.2, 0.25) is 6.79 Å². The first-order chi connectivity index (χ1) is 13.3. The van der Waals surface area contributed by atoms with Crippen molar-refractivity contribution in [3.63, 3.8) is 0 Å². The second-order valence-corrected chi connectivity index (χ2v) is 6.83. The number of rotatable bonds is 5. The van der Waals surface area contributed by atoms with E-state index >= 15 is 0 Å². The number of ether oxygens (including phenoxy) is 3. The van der Waals surface area contributed by atoms with Crippen LogP contribution in [0.2, 0.25) is 0 Å². The summed E-state index contributed by atoms with van der Waals surface area (Å²) in [7, 11) is 0. The highest BCUT2D eigenvalue weighted by atomic mass is 16.7. The number of nitrogens with one attached hydrogen (secondary N) is 1. The number of benzene rings is 2. The van der Waals surface area contributed by atoms with Crippen LogP contribution in [0.15, 0.2) is 48.5 Å². The van der Waals surface area contributed by atoms with Gasteiger partial charge < -0.3 is 24.4 Å². The highest BCUT2D eigenvalue weighted by molar-refractivity contribution is 5.74. The van der Waals surface area contributed by atoms with Crippen molar-refractivity contribution in [2.24, 2.45) is 0 Å². The number of amides is 2. The Labute approximate surface area is 159 Å². The minimum Gasteiger partial charge on any atom is -0.454 e. The van der Waals surface area contributed by atoms with Crippen LogP contribution in [-0.4, -0.2) is 36.9 Å². The lowest BCUT2D eigenvalue weighted by atomic mass is 10.1. The SMILES string of the molecule is O=C(NCc1ccc2c(c1)OCO2)N1CCC(OCc2ccccc2)CC1. The molecule has 0 radical (unpaired) electrons. The Hall–Kier alpha value is -2.73. The fourth-order valence-electron chi connectivity index (χ4n) is 3.35. The second-order valence-electron chi connectivity index (χ2n) is 6.83. The van der Waals surface area contributed by atoms with Crippen LogP contribution >= 0.6 is 0 Å². The maximum atomic E-state index is 12.4. The fraction of sp³-hybridized carbons (Fsp3) is 0.381. The van der Waals surface area contributed by atoms with E-state index in [9.17, 15) is 4.79 Å². The number of urea groups is 1. The van der Waals surface area contributed by atoms with Gasteiger partial charge in [0.1, 0.15) is 0 Å². The highest BCUT2D eigenvalue weighted by Gasteiger charge is 2.23. The van der Waals surface area contributed by atoms with Gasteiger partial charge in [-0.25, -0.2) is 4.79 Å². The van der Waals surface area contributed by atoms with E-state index in [2.05, 4.69) is 17.4 Å². The molecule has 0 spiro atoms. The number of carbonyl (C=O) groups is 1. The molecule has 1 saturated heterocycles. The molecule has 1 fully saturated rings. The molecule has 4 rings (SSSR count). The molecule has 2 aliphatic rings. The fourth-order valence-corrected chi connectivity index (χ4v) is 3.35. The molecule has 2 heterocycles. The Bertz CT molecular complexity index is 773. The monoisotopic (exact) mass is 368 g/mol. The van der Waals surface area contributed by atoms with Crippen molar-refractivity contribution in [2.45, 2.75) is 32.1 Å². The van der Waals surface area contributed by atoms with Crippen molar-refractivity contribution in [3.8, 4) is 11.5 Å². The van der Waals surface area contributed by atoms with Crippen LogP contribution in [0.3, 0.4) is 0 Å². The molecule has 0 unspecified atom stereocenters. The molecule has 6 nitrogen and oxygen atoms in total. The molecule has 0 saturated carbocycles. The van der Waals surface area contributed by atoms with E-state index in [1.807, 2.05) is 41.3 Å². The molecule has 2 aliphatic heterocycles. The van der Waals surface area contributed by atoms with Crippen LogP contribution in [0.25, 0.3) is 0 Å². The van der Waals surface area contributed by atoms with Gasteiger partial charge in [-0.1, -0.05) is 36.4 Å². The van der Waals surface area contributed by atoms with Crippen molar-refractivity contribution >= 4 is 6.03 Å². The van der Waals surface area contributed by atoms with Crippen molar-refractivity contribution in [1.82, 2.24) is 10.2 Å². The van der Waals surface area contributed by atoms with Gasteiger partial charge in [0.25, 0.3) is 0 Å². The smallest absolute Gasteiger partial charge is 0.317 e. The Kier molecular flexibility index (Phi) is 5.44. The van der Waals surface area contributed by atoms with Gasteiger partial charge in [0.05, 0.1) is 12.7 Å². The second kappa shape index (κ2) is 8.31. The molecule has 1 N–H and O–H groups in total. The largest absolute Gasteiger partial charge is 0.454 e. The standard InChI is InChI=1S/C21H24N2O4/c24-21(22-13-17-6-7-19-20(12-17)27-15-26-19)23-10-8-18(9-11-23)25-14-16-4-2-1-3-5-16/h1-7,12,18H,8-11,13-15H2,(H,22,24). The van der Waals surface area contributed by atoms with E-state index in [1.54, 1.807) is 0 Å². The summed E-state index contributed by atoms with van der Waals surface area (Å²) in [4.78, 5) is 14.3. The first kappa shape index (κ1) is 17.7. The average molecular weight is 368 g/mol. The highest BCUT2D eigenvalue weighted by Crippen LogP contribution is 2.32. The maximum absolute atomic E-state index is 12.4. The summed E-state index contributed by atoms with van der Waals surface area (Å²) in [6.07, 6.45) is 1.94. The summed E-state index contributed by atoms with van der Waals surface area (Å²) in [5.74, 6) is 1.49. The molecule has 0 aliphatic carbocycles. The number of carbonyl (C=O) groups excluding carboxylic acids is 1. The molecule has 27 heavy (non-hydrogen) atoms. The third-order valence-electron chi connectivity index (χ3n) is 4.94. The van der Waals surface area contributed by atoms with Crippen LogP contribution in [0.1, 0.15) is 24.0 Å². The van der Waals surface area contributed by atoms with E-state index < -0.39 is 0 Å². The zero-order chi connectivity index (χ0) is 18.5. The van der Waals surface area contributed by atoms with Crippen LogP contribution in [0, 0.1) is 0 Å². The van der Waals surface area contributed by atoms with E-state index in [0.29, 0.717) is 26.2 Å². The Morgan fingerprint density at radius 2 is 1.81 bits per heavy atom. The first-order valence-electron chi connectivity index (χ1n) is 9.35. The number of nitrogens with zero attached hydrogens (tertiary/aromatic N) is 1. The van der Waals surface area contributed by atoms with E-state index in [0.717, 1.165) is 29.9 Å². The van der Waals surface area contributed by atoms with Gasteiger partial charge in [0, 0.05) is 19.6 Å². The third kappa shape index (κ3) is 4.52. The molecule has 0 bridgehead atoms. The first-order valence-corrected chi connectivity index (χ1v) is 9.35. The summed E-state index contributed by atoms with van der Waals surface area (Å²) in [5, 5.41) is 2.98. The van der Waals surface area contributed by atoms with E-state index in [-0.39, 0.29) is 18.9 Å². The minimum absolute atomic E-state index is 0.0332. The summed E-state index contributed by atoms with van der Waals surface area (Å²) >= 11 is 0. The van der Waals surface area contributed by atoms with Gasteiger partial charge >= 0.3 is 6.03 Å². The minimum atomic E-state index is -0.0332. The molecular formula is C21H24N2O4. The van der Waals surface area contributed by atoms with Gasteiger partial charge in [-0.3, -0.25) is 0 Å². The van der Waals surface area contributed by atoms with Crippen molar-refractivity contribution in [2.75, 3.05) is 19.9 Å². The molecule has 6 heteroatoms. The quantitative estimate of drug-likeness (QED) is 0.880. The molecule has 2 aromatic carbocycles. The van der Waals surface area contributed by atoms with E-state index in [1.165, 1.54) is 5.56 Å². The zero-order valence-electron chi connectivity index (χ0n) is 15.2. The summed E-state index contributed by atoms with van der Waals surface area (Å²) < 4.78 is 16.7. The number of hydrogen-bond donors (Lipinski definition) is 1. The number of hydrogen-bond acceptors (Lipinski definition) is 4. The van der Waals surface area contributed by atoms with Crippen LogP contribution in [0.4, 0.5) is 4.79 Å². The van der Waals surface area contributed by atoms with Gasteiger partial charge in [0.15, 0.2) is 11.5 Å². The van der Waals surface area contributed by atoms with Gasteiger partial charge in [-0.2, -0.15) is 0 Å². The molecule has 0 atom stereocenters. The predicted octanol–water partition coefficient (Wildman–Crippen LogP) is 3.31. The zero-order valence-corrected chi connectivity index (χ0v) is 15.2. The topological polar surface area (TPSA) is 60.0 Å². The van der Waals surface area contributed by atoms with Crippen molar-refractivity contribution in [1.29, 1.82) is 0 Å². The molecule has 2 amide bonds. The maximum Gasteiger partial charge on any atom is 0.317 e. The Morgan fingerprint density at radius 3 is 2.63 bits per heavy atom. The normalized spacial score (nSPS) is 16.4. The Morgan fingerprint density at radius 1 is 1.04 bits per heavy atom. The predicted molar refractivity (Wildman–Crippen MR) is 101 cm³/mol. The Balaban J connectivity index is 1.19. The lowest BCUT2D eigenvalue weighted by molar-refractivity contribution is 0.00444. The number of fused-ring (bicyclic) bond motifs is 1. The molecule has 0 aromatic heterocycles. The summed E-state index contributed by atoms with van der Waals surface area (Å²) in [6, 6.07) is 15.9. The number of piperidine rings is 1. The molecule has 2 aromatic rings. The molecular weight excluding hydrogens is 344 g/mol. The van der Waals surface area contributed by atoms with Crippen LogP contribution in [0.5, 0.6) is 11.5 Å². The van der Waals surface area contributed by atoms with Crippen LogP contribution in [-0.2, 0) is 17.9 Å². The number of likely N-dealkylation sites (tertiary alicyclic amines) is 1. The lowest BCUT2D eigenvalue weighted by Crippen LogP contribution is -2.45. The average Bonchev–Trinajstić information content (AvgIpc) is 3.19.